The van der Waals surface area contributed by atoms with Crippen molar-refractivity contribution in [3.63, 3.8) is 0 Å². The van der Waals surface area contributed by atoms with Gasteiger partial charge in [0.1, 0.15) is 0 Å². The molecule has 3 heterocycles. The predicted molar refractivity (Wildman–Crippen MR) is 123 cm³/mol. The van der Waals surface area contributed by atoms with Crippen molar-refractivity contribution in [1.82, 2.24) is 9.55 Å². The predicted octanol–water partition coefficient (Wildman–Crippen LogP) is 5.52. The van der Waals surface area contributed by atoms with Crippen molar-refractivity contribution in [3.8, 4) is 11.3 Å². The maximum absolute atomic E-state index is 11.0. The fourth-order valence-electron chi connectivity index (χ4n) is 4.45. The second kappa shape index (κ2) is 7.75. The Morgan fingerprint density at radius 2 is 2.13 bits per heavy atom. The van der Waals surface area contributed by atoms with Crippen LogP contribution in [-0.2, 0) is 17.8 Å². The third-order valence-corrected chi connectivity index (χ3v) is 5.81. The zero-order valence-electron chi connectivity index (χ0n) is 17.3. The van der Waals surface area contributed by atoms with Gasteiger partial charge in [0, 0.05) is 41.3 Å². The standard InChI is InChI=1S/C27H22N2O2/c1-18-6-4-9-24(28-18)23-17-29-15-5-10-25(29)27(23)21-8-3-2-7-20-13-11-19(16-22(20)21)12-14-26(30)31/h3-4,6-9,11-14,16-17H,5,10,15H2,1H3,(H,30,31)/b14-12+. The Morgan fingerprint density at radius 3 is 2.97 bits per heavy atom. The van der Waals surface area contributed by atoms with Crippen LogP contribution in [0.25, 0.3) is 29.0 Å². The third kappa shape index (κ3) is 3.58. The Labute approximate surface area is 181 Å². The normalized spacial score (nSPS) is 14.4. The number of aromatic nitrogens is 2. The Bertz CT molecular complexity index is 1330. The van der Waals surface area contributed by atoms with E-state index in [0.29, 0.717) is 0 Å². The Morgan fingerprint density at radius 1 is 1.23 bits per heavy atom. The van der Waals surface area contributed by atoms with Crippen LogP contribution >= 0.6 is 0 Å². The summed E-state index contributed by atoms with van der Waals surface area (Å²) in [5.74, 6) is -0.953. The molecular formula is C27H22N2O2. The number of hydrogen-bond donors (Lipinski definition) is 1. The first-order chi connectivity index (χ1) is 15.1. The van der Waals surface area contributed by atoms with E-state index in [4.69, 9.17) is 10.1 Å². The minimum absolute atomic E-state index is 0.855. The fraction of sp³-hybridized carbons (Fsp3) is 0.148. The molecule has 0 radical (unpaired) electrons. The van der Waals surface area contributed by atoms with Gasteiger partial charge in [-0.05, 0) is 84.5 Å². The van der Waals surface area contributed by atoms with Crippen LogP contribution in [0, 0.1) is 6.92 Å². The maximum Gasteiger partial charge on any atom is 0.328 e. The lowest BCUT2D eigenvalue weighted by Gasteiger charge is -2.14. The van der Waals surface area contributed by atoms with E-state index < -0.39 is 5.97 Å². The summed E-state index contributed by atoms with van der Waals surface area (Å²) >= 11 is 0. The number of benzene rings is 1. The molecule has 1 aliphatic carbocycles. The van der Waals surface area contributed by atoms with Crippen molar-refractivity contribution in [2.24, 2.45) is 0 Å². The number of allylic oxidation sites excluding steroid dienone is 2. The van der Waals surface area contributed by atoms with Gasteiger partial charge in [-0.3, -0.25) is 4.98 Å². The van der Waals surface area contributed by atoms with Crippen LogP contribution in [0.5, 0.6) is 0 Å². The number of aliphatic carboxylic acids is 1. The van der Waals surface area contributed by atoms with Crippen LogP contribution in [0.15, 0.2) is 66.6 Å². The summed E-state index contributed by atoms with van der Waals surface area (Å²) in [6.45, 7) is 3.03. The van der Waals surface area contributed by atoms with Crippen molar-refractivity contribution < 1.29 is 9.90 Å². The molecule has 152 valence electrons. The van der Waals surface area contributed by atoms with Gasteiger partial charge in [0.15, 0.2) is 0 Å². The third-order valence-electron chi connectivity index (χ3n) is 5.81. The van der Waals surface area contributed by atoms with Crippen molar-refractivity contribution in [3.05, 3.63) is 100 Å². The number of rotatable bonds is 4. The zero-order valence-corrected chi connectivity index (χ0v) is 17.3. The molecule has 0 saturated carbocycles. The van der Waals surface area contributed by atoms with Gasteiger partial charge in [0.05, 0.1) is 5.69 Å². The summed E-state index contributed by atoms with van der Waals surface area (Å²) in [7, 11) is 0. The average molecular weight is 406 g/mol. The first kappa shape index (κ1) is 19.1. The molecule has 0 atom stereocenters. The number of pyridine rings is 1. The van der Waals surface area contributed by atoms with Crippen LogP contribution in [0.1, 0.15) is 40.1 Å². The minimum atomic E-state index is -0.953. The van der Waals surface area contributed by atoms with Crippen molar-refractivity contribution in [1.29, 1.82) is 0 Å². The molecule has 0 saturated heterocycles. The van der Waals surface area contributed by atoms with Gasteiger partial charge < -0.3 is 9.67 Å². The number of fused-ring (bicyclic) bond motifs is 2. The molecule has 1 aromatic carbocycles. The van der Waals surface area contributed by atoms with E-state index in [1.165, 1.54) is 17.3 Å². The molecule has 1 aliphatic heterocycles. The molecule has 1 N–H and O–H groups in total. The van der Waals surface area contributed by atoms with E-state index in [1.807, 2.05) is 37.3 Å². The van der Waals surface area contributed by atoms with Crippen LogP contribution in [0.3, 0.4) is 0 Å². The molecule has 0 bridgehead atoms. The molecule has 31 heavy (non-hydrogen) atoms. The van der Waals surface area contributed by atoms with Gasteiger partial charge in [-0.25, -0.2) is 4.79 Å². The van der Waals surface area contributed by atoms with Crippen LogP contribution in [0.2, 0.25) is 0 Å². The van der Waals surface area contributed by atoms with Crippen LogP contribution < -0.4 is 0 Å². The van der Waals surface area contributed by atoms with E-state index in [0.717, 1.165) is 58.6 Å². The number of nitrogens with zero attached hydrogens (tertiary/aromatic N) is 2. The minimum Gasteiger partial charge on any atom is -0.478 e. The Hall–Kier alpha value is -3.88. The quantitative estimate of drug-likeness (QED) is 0.459. The molecule has 2 aromatic heterocycles. The van der Waals surface area contributed by atoms with Gasteiger partial charge in [-0.15, -0.1) is 5.73 Å². The second-order valence-corrected chi connectivity index (χ2v) is 7.90. The molecule has 4 nitrogen and oxygen atoms in total. The molecule has 0 fully saturated rings. The molecule has 0 unspecified atom stereocenters. The molecular weight excluding hydrogens is 384 g/mol. The van der Waals surface area contributed by atoms with Gasteiger partial charge in [0.2, 0.25) is 0 Å². The van der Waals surface area contributed by atoms with Gasteiger partial charge in [0.25, 0.3) is 0 Å². The number of carboxylic acids is 1. The highest BCUT2D eigenvalue weighted by Gasteiger charge is 2.25. The van der Waals surface area contributed by atoms with E-state index in [-0.39, 0.29) is 0 Å². The molecule has 0 amide bonds. The summed E-state index contributed by atoms with van der Waals surface area (Å²) in [5, 5.41) is 9.02. The molecule has 3 aromatic rings. The average Bonchev–Trinajstić information content (AvgIpc) is 3.28. The Balaban J connectivity index is 1.72. The summed E-state index contributed by atoms with van der Waals surface area (Å²) in [4.78, 5) is 15.8. The van der Waals surface area contributed by atoms with E-state index in [2.05, 4.69) is 40.8 Å². The highest BCUT2D eigenvalue weighted by Crippen LogP contribution is 2.40. The summed E-state index contributed by atoms with van der Waals surface area (Å²) < 4.78 is 2.35. The monoisotopic (exact) mass is 406 g/mol. The van der Waals surface area contributed by atoms with Crippen LogP contribution in [-0.4, -0.2) is 20.6 Å². The molecule has 4 heteroatoms. The lowest BCUT2D eigenvalue weighted by molar-refractivity contribution is -0.131. The van der Waals surface area contributed by atoms with E-state index in [9.17, 15) is 4.79 Å². The molecule has 0 spiro atoms. The molecule has 2 aliphatic rings. The fourth-order valence-corrected chi connectivity index (χ4v) is 4.45. The molecule has 5 rings (SSSR count). The highest BCUT2D eigenvalue weighted by atomic mass is 16.4. The number of carboxylic acid groups (broad SMARTS) is 1. The van der Waals surface area contributed by atoms with Crippen molar-refractivity contribution >= 4 is 23.7 Å². The Kier molecular flexibility index (Phi) is 4.78. The highest BCUT2D eigenvalue weighted by molar-refractivity contribution is 5.94. The van der Waals surface area contributed by atoms with E-state index >= 15 is 0 Å². The zero-order chi connectivity index (χ0) is 21.4. The van der Waals surface area contributed by atoms with Crippen LogP contribution in [0.4, 0.5) is 0 Å². The number of carbonyl (C=O) groups is 1. The first-order valence-electron chi connectivity index (χ1n) is 10.4. The van der Waals surface area contributed by atoms with E-state index in [1.54, 1.807) is 6.08 Å². The summed E-state index contributed by atoms with van der Waals surface area (Å²) in [5.41, 5.74) is 13.0. The van der Waals surface area contributed by atoms with Gasteiger partial charge in [-0.2, -0.15) is 0 Å². The van der Waals surface area contributed by atoms with Gasteiger partial charge in [-0.1, -0.05) is 18.2 Å². The number of aryl methyl sites for hydroxylation is 2. The lowest BCUT2D eigenvalue weighted by atomic mass is 9.89. The largest absolute Gasteiger partial charge is 0.478 e. The smallest absolute Gasteiger partial charge is 0.328 e. The summed E-state index contributed by atoms with van der Waals surface area (Å²) in [6.07, 6.45) is 13.3. The van der Waals surface area contributed by atoms with Crippen molar-refractivity contribution in [2.45, 2.75) is 26.3 Å². The second-order valence-electron chi connectivity index (χ2n) is 7.90. The number of hydrogen-bond acceptors (Lipinski definition) is 2. The topological polar surface area (TPSA) is 55.1 Å². The first-order valence-corrected chi connectivity index (χ1v) is 10.4. The van der Waals surface area contributed by atoms with Crippen molar-refractivity contribution in [2.75, 3.05) is 0 Å². The SMILES string of the molecule is Cc1cccc(-c2cn3c(c2C2=CC=C=Cc4ccc(/C=C/C(=O)O)cc42)CCC3)n1. The lowest BCUT2D eigenvalue weighted by Crippen LogP contribution is -1.98. The maximum atomic E-state index is 11.0. The van der Waals surface area contributed by atoms with Gasteiger partial charge >= 0.3 is 5.97 Å². The summed E-state index contributed by atoms with van der Waals surface area (Å²) in [6, 6.07) is 12.2.